The largest absolute Gasteiger partial charge is 0.497 e. The molecule has 2 aromatic carbocycles. The Morgan fingerprint density at radius 2 is 1.62 bits per heavy atom. The first-order valence-corrected chi connectivity index (χ1v) is 8.53. The van der Waals surface area contributed by atoms with Crippen LogP contribution in [0.5, 0.6) is 11.5 Å². The van der Waals surface area contributed by atoms with Gasteiger partial charge in [0.25, 0.3) is 0 Å². The molecule has 0 aliphatic rings. The number of methoxy groups -OCH3 is 1. The predicted molar refractivity (Wildman–Crippen MR) is 99.7 cm³/mol. The average molecular weight is 377 g/mol. The van der Waals surface area contributed by atoms with E-state index in [1.54, 1.807) is 37.4 Å². The standard InChI is InChI=1S/C19H21ClN2O4/c1-25-16-5-7-17(8-6-16)26-12-11-22-19(24)18(23)21-10-9-14-3-2-4-15(20)13-14/h2-8,13H,9-12H2,1H3,(H,21,23)(H,22,24). The van der Waals surface area contributed by atoms with Gasteiger partial charge in [-0.1, -0.05) is 23.7 Å². The molecule has 0 fully saturated rings. The minimum absolute atomic E-state index is 0.229. The van der Waals surface area contributed by atoms with Gasteiger partial charge in [-0.25, -0.2) is 0 Å². The molecule has 0 bridgehead atoms. The quantitative estimate of drug-likeness (QED) is 0.547. The number of hydrogen-bond donors (Lipinski definition) is 2. The first-order chi connectivity index (χ1) is 12.6. The Balaban J connectivity index is 1.61. The van der Waals surface area contributed by atoms with Gasteiger partial charge in [0.05, 0.1) is 13.7 Å². The van der Waals surface area contributed by atoms with Crippen molar-refractivity contribution >= 4 is 23.4 Å². The number of carbonyl (C=O) groups is 2. The lowest BCUT2D eigenvalue weighted by molar-refractivity contribution is -0.139. The molecule has 0 atom stereocenters. The minimum atomic E-state index is -0.686. The number of amides is 2. The molecule has 0 aliphatic carbocycles. The van der Waals surface area contributed by atoms with E-state index in [1.807, 2.05) is 18.2 Å². The van der Waals surface area contributed by atoms with Crippen molar-refractivity contribution in [1.29, 1.82) is 0 Å². The Hall–Kier alpha value is -2.73. The summed E-state index contributed by atoms with van der Waals surface area (Å²) in [7, 11) is 1.59. The van der Waals surface area contributed by atoms with Gasteiger partial charge < -0.3 is 20.1 Å². The van der Waals surface area contributed by atoms with Crippen LogP contribution >= 0.6 is 11.6 Å². The summed E-state index contributed by atoms with van der Waals surface area (Å²) < 4.78 is 10.5. The molecule has 2 aromatic rings. The molecule has 2 N–H and O–H groups in total. The monoisotopic (exact) mass is 376 g/mol. The van der Waals surface area contributed by atoms with Gasteiger partial charge in [0, 0.05) is 11.6 Å². The lowest BCUT2D eigenvalue weighted by atomic mass is 10.1. The highest BCUT2D eigenvalue weighted by atomic mass is 35.5. The van der Waals surface area contributed by atoms with Crippen molar-refractivity contribution < 1.29 is 19.1 Å². The zero-order chi connectivity index (χ0) is 18.8. The lowest BCUT2D eigenvalue weighted by Gasteiger charge is -2.09. The van der Waals surface area contributed by atoms with E-state index in [-0.39, 0.29) is 13.2 Å². The summed E-state index contributed by atoms with van der Waals surface area (Å²) in [6, 6.07) is 14.5. The Labute approximate surface area is 157 Å². The smallest absolute Gasteiger partial charge is 0.309 e. The fraction of sp³-hybridized carbons (Fsp3) is 0.263. The second kappa shape index (κ2) is 10.3. The molecule has 2 rings (SSSR count). The molecule has 0 aromatic heterocycles. The van der Waals surface area contributed by atoms with Gasteiger partial charge >= 0.3 is 11.8 Å². The number of rotatable bonds is 8. The Bertz CT molecular complexity index is 735. The minimum Gasteiger partial charge on any atom is -0.497 e. The van der Waals surface area contributed by atoms with Crippen LogP contribution in [0.1, 0.15) is 5.56 Å². The molecular weight excluding hydrogens is 356 g/mol. The van der Waals surface area contributed by atoms with E-state index in [4.69, 9.17) is 21.1 Å². The van der Waals surface area contributed by atoms with Crippen molar-refractivity contribution in [3.05, 3.63) is 59.1 Å². The molecule has 0 aliphatic heterocycles. The lowest BCUT2D eigenvalue weighted by Crippen LogP contribution is -2.42. The van der Waals surface area contributed by atoms with E-state index in [2.05, 4.69) is 10.6 Å². The fourth-order valence-corrected chi connectivity index (χ4v) is 2.39. The topological polar surface area (TPSA) is 76.7 Å². The third-order valence-electron chi connectivity index (χ3n) is 3.51. The van der Waals surface area contributed by atoms with E-state index in [0.29, 0.717) is 23.7 Å². The summed E-state index contributed by atoms with van der Waals surface area (Å²) in [5.41, 5.74) is 0.992. The summed E-state index contributed by atoms with van der Waals surface area (Å²) in [5, 5.41) is 5.73. The van der Waals surface area contributed by atoms with E-state index >= 15 is 0 Å². The van der Waals surface area contributed by atoms with Crippen LogP contribution < -0.4 is 20.1 Å². The molecule has 0 saturated carbocycles. The van der Waals surface area contributed by atoms with Crippen molar-refractivity contribution in [2.75, 3.05) is 26.8 Å². The van der Waals surface area contributed by atoms with Crippen LogP contribution in [0.2, 0.25) is 5.02 Å². The molecule has 2 amide bonds. The summed E-state index contributed by atoms with van der Waals surface area (Å²) in [4.78, 5) is 23.4. The maximum atomic E-state index is 11.7. The normalized spacial score (nSPS) is 10.1. The third kappa shape index (κ3) is 6.64. The van der Waals surface area contributed by atoms with E-state index in [0.717, 1.165) is 11.3 Å². The number of ether oxygens (including phenoxy) is 2. The SMILES string of the molecule is COc1ccc(OCCNC(=O)C(=O)NCCc2cccc(Cl)c2)cc1. The van der Waals surface area contributed by atoms with Crippen LogP contribution in [0, 0.1) is 0 Å². The van der Waals surface area contributed by atoms with Gasteiger partial charge in [0.15, 0.2) is 0 Å². The highest BCUT2D eigenvalue weighted by Gasteiger charge is 2.12. The van der Waals surface area contributed by atoms with Gasteiger partial charge in [-0.15, -0.1) is 0 Å². The van der Waals surface area contributed by atoms with Crippen LogP contribution in [-0.4, -0.2) is 38.6 Å². The second-order valence-electron chi connectivity index (χ2n) is 5.42. The van der Waals surface area contributed by atoms with Gasteiger partial charge in [-0.05, 0) is 48.4 Å². The third-order valence-corrected chi connectivity index (χ3v) is 3.75. The van der Waals surface area contributed by atoms with Gasteiger partial charge in [-0.2, -0.15) is 0 Å². The number of halogens is 1. The summed E-state index contributed by atoms with van der Waals surface area (Å²) in [5.74, 6) is 0.0389. The summed E-state index contributed by atoms with van der Waals surface area (Å²) in [6.45, 7) is 0.843. The first kappa shape index (κ1) is 19.6. The maximum absolute atomic E-state index is 11.7. The van der Waals surface area contributed by atoms with Gasteiger partial charge in [0.1, 0.15) is 18.1 Å². The fourth-order valence-electron chi connectivity index (χ4n) is 2.18. The molecule has 0 saturated heterocycles. The summed E-state index contributed by atoms with van der Waals surface area (Å²) >= 11 is 5.90. The van der Waals surface area contributed by atoms with Crippen molar-refractivity contribution in [1.82, 2.24) is 10.6 Å². The van der Waals surface area contributed by atoms with Crippen molar-refractivity contribution in [3.8, 4) is 11.5 Å². The number of hydrogen-bond acceptors (Lipinski definition) is 4. The predicted octanol–water partition coefficient (Wildman–Crippen LogP) is 2.20. The van der Waals surface area contributed by atoms with Crippen LogP contribution in [0.3, 0.4) is 0 Å². The second-order valence-corrected chi connectivity index (χ2v) is 5.85. The van der Waals surface area contributed by atoms with E-state index in [9.17, 15) is 9.59 Å². The van der Waals surface area contributed by atoms with Crippen LogP contribution in [-0.2, 0) is 16.0 Å². The molecule has 6 nitrogen and oxygen atoms in total. The highest BCUT2D eigenvalue weighted by Crippen LogP contribution is 2.16. The highest BCUT2D eigenvalue weighted by molar-refractivity contribution is 6.35. The van der Waals surface area contributed by atoms with Crippen molar-refractivity contribution in [2.45, 2.75) is 6.42 Å². The zero-order valence-electron chi connectivity index (χ0n) is 14.5. The molecule has 0 radical (unpaired) electrons. The zero-order valence-corrected chi connectivity index (χ0v) is 15.2. The molecule has 138 valence electrons. The van der Waals surface area contributed by atoms with Gasteiger partial charge in [-0.3, -0.25) is 9.59 Å². The number of nitrogens with one attached hydrogen (secondary N) is 2. The number of benzene rings is 2. The maximum Gasteiger partial charge on any atom is 0.309 e. The van der Waals surface area contributed by atoms with Crippen LogP contribution in [0.4, 0.5) is 0 Å². The Morgan fingerprint density at radius 3 is 2.27 bits per heavy atom. The average Bonchev–Trinajstić information content (AvgIpc) is 2.65. The molecule has 26 heavy (non-hydrogen) atoms. The Kier molecular flexibility index (Phi) is 7.76. The molecule has 0 spiro atoms. The number of carbonyl (C=O) groups excluding carboxylic acids is 2. The van der Waals surface area contributed by atoms with Crippen molar-refractivity contribution in [3.63, 3.8) is 0 Å². The van der Waals surface area contributed by atoms with E-state index in [1.165, 1.54) is 0 Å². The first-order valence-electron chi connectivity index (χ1n) is 8.16. The van der Waals surface area contributed by atoms with Gasteiger partial charge in [0.2, 0.25) is 0 Å². The van der Waals surface area contributed by atoms with Crippen molar-refractivity contribution in [2.24, 2.45) is 0 Å². The summed E-state index contributed by atoms with van der Waals surface area (Å²) in [6.07, 6.45) is 0.597. The molecule has 0 unspecified atom stereocenters. The van der Waals surface area contributed by atoms with Crippen LogP contribution in [0.25, 0.3) is 0 Å². The molecule has 0 heterocycles. The molecule has 7 heteroatoms. The molecular formula is C19H21ClN2O4. The Morgan fingerprint density at radius 1 is 0.962 bits per heavy atom. The van der Waals surface area contributed by atoms with Crippen LogP contribution in [0.15, 0.2) is 48.5 Å². The van der Waals surface area contributed by atoms with E-state index < -0.39 is 11.8 Å².